The summed E-state index contributed by atoms with van der Waals surface area (Å²) in [4.78, 5) is 12.3. The molecule has 0 heterocycles. The second kappa shape index (κ2) is 7.34. The molecule has 1 saturated carbocycles. The van der Waals surface area contributed by atoms with Crippen LogP contribution in [0.15, 0.2) is 18.2 Å². The second-order valence-electron chi connectivity index (χ2n) is 5.62. The third-order valence-corrected chi connectivity index (χ3v) is 3.84. The van der Waals surface area contributed by atoms with E-state index in [9.17, 15) is 4.79 Å². The van der Waals surface area contributed by atoms with E-state index in [-0.39, 0.29) is 5.91 Å². The molecule has 0 aromatic heterocycles. The quantitative estimate of drug-likeness (QED) is 0.874. The molecule has 1 aliphatic rings. The molecule has 2 unspecified atom stereocenters. The average molecular weight is 291 g/mol. The van der Waals surface area contributed by atoms with Crippen LogP contribution in [0, 0.1) is 5.92 Å². The fourth-order valence-electron chi connectivity index (χ4n) is 2.80. The van der Waals surface area contributed by atoms with E-state index >= 15 is 0 Å². The summed E-state index contributed by atoms with van der Waals surface area (Å²) in [5, 5.41) is 3.11. The minimum atomic E-state index is -0.0295. The maximum Gasteiger partial charge on any atom is 0.251 e. The first-order valence-corrected chi connectivity index (χ1v) is 7.84. The molecule has 0 saturated heterocycles. The van der Waals surface area contributed by atoms with Crippen LogP contribution in [-0.2, 0) is 0 Å². The molecule has 1 aliphatic carbocycles. The predicted molar refractivity (Wildman–Crippen MR) is 83.0 cm³/mol. The van der Waals surface area contributed by atoms with Crippen LogP contribution >= 0.6 is 0 Å². The van der Waals surface area contributed by atoms with Crippen molar-refractivity contribution < 1.29 is 14.3 Å². The highest BCUT2D eigenvalue weighted by atomic mass is 16.5. The van der Waals surface area contributed by atoms with Crippen LogP contribution in [0.25, 0.3) is 0 Å². The molecule has 0 bridgehead atoms. The lowest BCUT2D eigenvalue weighted by Gasteiger charge is -2.15. The monoisotopic (exact) mass is 291 g/mol. The molecule has 1 fully saturated rings. The Morgan fingerprint density at radius 2 is 1.90 bits per heavy atom. The van der Waals surface area contributed by atoms with Gasteiger partial charge in [0.1, 0.15) is 0 Å². The Bertz CT molecular complexity index is 487. The first-order valence-electron chi connectivity index (χ1n) is 7.84. The fraction of sp³-hybridized carbons (Fsp3) is 0.588. The van der Waals surface area contributed by atoms with Crippen LogP contribution in [-0.4, -0.2) is 25.2 Å². The summed E-state index contributed by atoms with van der Waals surface area (Å²) < 4.78 is 11.1. The van der Waals surface area contributed by atoms with Gasteiger partial charge in [-0.2, -0.15) is 0 Å². The van der Waals surface area contributed by atoms with E-state index in [2.05, 4.69) is 12.2 Å². The number of amides is 1. The number of rotatable bonds is 6. The lowest BCUT2D eigenvalue weighted by Crippen LogP contribution is -2.32. The van der Waals surface area contributed by atoms with Gasteiger partial charge in [-0.1, -0.05) is 6.92 Å². The largest absolute Gasteiger partial charge is 0.490 e. The van der Waals surface area contributed by atoms with Crippen LogP contribution in [0.1, 0.15) is 50.4 Å². The lowest BCUT2D eigenvalue weighted by molar-refractivity contribution is 0.0936. The molecular formula is C17H25NO3. The molecule has 21 heavy (non-hydrogen) atoms. The Hall–Kier alpha value is -1.71. The Kier molecular flexibility index (Phi) is 5.48. The predicted octanol–water partition coefficient (Wildman–Crippen LogP) is 3.40. The van der Waals surface area contributed by atoms with E-state index in [1.54, 1.807) is 18.2 Å². The van der Waals surface area contributed by atoms with Gasteiger partial charge in [-0.15, -0.1) is 0 Å². The van der Waals surface area contributed by atoms with Gasteiger partial charge in [-0.05, 0) is 57.2 Å². The third-order valence-electron chi connectivity index (χ3n) is 3.84. The van der Waals surface area contributed by atoms with Crippen LogP contribution in [0.5, 0.6) is 11.5 Å². The zero-order chi connectivity index (χ0) is 15.2. The van der Waals surface area contributed by atoms with Gasteiger partial charge < -0.3 is 14.8 Å². The SMILES string of the molecule is CCOc1ccc(C(=O)NC2CCC(C)C2)cc1OCC. The van der Waals surface area contributed by atoms with Crippen molar-refractivity contribution in [3.8, 4) is 11.5 Å². The number of carbonyl (C=O) groups is 1. The zero-order valence-electron chi connectivity index (χ0n) is 13.1. The van der Waals surface area contributed by atoms with Crippen molar-refractivity contribution in [1.29, 1.82) is 0 Å². The Morgan fingerprint density at radius 1 is 1.19 bits per heavy atom. The summed E-state index contributed by atoms with van der Waals surface area (Å²) in [5.74, 6) is 1.99. The number of benzene rings is 1. The van der Waals surface area contributed by atoms with Crippen molar-refractivity contribution in [2.75, 3.05) is 13.2 Å². The average Bonchev–Trinajstić information content (AvgIpc) is 2.86. The van der Waals surface area contributed by atoms with Crippen molar-refractivity contribution in [1.82, 2.24) is 5.32 Å². The lowest BCUT2D eigenvalue weighted by atomic mass is 10.1. The molecule has 0 radical (unpaired) electrons. The van der Waals surface area contributed by atoms with Gasteiger partial charge in [0.15, 0.2) is 11.5 Å². The zero-order valence-corrected chi connectivity index (χ0v) is 13.1. The Morgan fingerprint density at radius 3 is 2.52 bits per heavy atom. The van der Waals surface area contributed by atoms with Gasteiger partial charge in [0.05, 0.1) is 13.2 Å². The van der Waals surface area contributed by atoms with Crippen LogP contribution in [0.3, 0.4) is 0 Å². The number of hydrogen-bond donors (Lipinski definition) is 1. The number of nitrogens with one attached hydrogen (secondary N) is 1. The highest BCUT2D eigenvalue weighted by Crippen LogP contribution is 2.29. The van der Waals surface area contributed by atoms with E-state index < -0.39 is 0 Å². The van der Waals surface area contributed by atoms with Crippen molar-refractivity contribution in [3.63, 3.8) is 0 Å². The van der Waals surface area contributed by atoms with Crippen molar-refractivity contribution in [3.05, 3.63) is 23.8 Å². The maximum atomic E-state index is 12.3. The molecule has 2 rings (SSSR count). The topological polar surface area (TPSA) is 47.6 Å². The maximum absolute atomic E-state index is 12.3. The third kappa shape index (κ3) is 4.13. The molecule has 1 N–H and O–H groups in total. The van der Waals surface area contributed by atoms with Gasteiger partial charge in [-0.3, -0.25) is 4.79 Å². The Balaban J connectivity index is 2.07. The summed E-state index contributed by atoms with van der Waals surface area (Å²) in [6, 6.07) is 5.67. The molecule has 1 aromatic carbocycles. The van der Waals surface area contributed by atoms with Crippen LogP contribution < -0.4 is 14.8 Å². The second-order valence-corrected chi connectivity index (χ2v) is 5.62. The van der Waals surface area contributed by atoms with Gasteiger partial charge in [0, 0.05) is 11.6 Å². The number of ether oxygens (including phenoxy) is 2. The van der Waals surface area contributed by atoms with Crippen LogP contribution in [0.2, 0.25) is 0 Å². The summed E-state index contributed by atoms with van der Waals surface area (Å²) >= 11 is 0. The number of carbonyl (C=O) groups excluding carboxylic acids is 1. The van der Waals surface area contributed by atoms with E-state index in [0.29, 0.717) is 42.2 Å². The summed E-state index contributed by atoms with van der Waals surface area (Å²) in [5.41, 5.74) is 0.626. The first-order chi connectivity index (χ1) is 10.1. The smallest absolute Gasteiger partial charge is 0.251 e. The van der Waals surface area contributed by atoms with Crippen molar-refractivity contribution in [2.24, 2.45) is 5.92 Å². The minimum Gasteiger partial charge on any atom is -0.490 e. The molecule has 116 valence electrons. The molecular weight excluding hydrogens is 266 g/mol. The summed E-state index contributed by atoms with van der Waals surface area (Å²) in [6.45, 7) is 7.20. The summed E-state index contributed by atoms with van der Waals surface area (Å²) in [6.07, 6.45) is 3.34. The highest BCUT2D eigenvalue weighted by Gasteiger charge is 2.23. The standard InChI is InChI=1S/C17H25NO3/c1-4-20-15-9-7-13(11-16(15)21-5-2)17(19)18-14-8-6-12(3)10-14/h7,9,11-12,14H,4-6,8,10H2,1-3H3,(H,18,19). The van der Waals surface area contributed by atoms with Crippen molar-refractivity contribution in [2.45, 2.75) is 46.1 Å². The first kappa shape index (κ1) is 15.7. The Labute approximate surface area is 126 Å². The molecule has 0 spiro atoms. The molecule has 4 nitrogen and oxygen atoms in total. The van der Waals surface area contributed by atoms with E-state index in [1.807, 2.05) is 13.8 Å². The van der Waals surface area contributed by atoms with Crippen LogP contribution in [0.4, 0.5) is 0 Å². The molecule has 4 heteroatoms. The van der Waals surface area contributed by atoms with Gasteiger partial charge in [0.2, 0.25) is 0 Å². The number of hydrogen-bond acceptors (Lipinski definition) is 3. The highest BCUT2D eigenvalue weighted by molar-refractivity contribution is 5.95. The van der Waals surface area contributed by atoms with Gasteiger partial charge in [-0.25, -0.2) is 0 Å². The van der Waals surface area contributed by atoms with E-state index in [0.717, 1.165) is 12.8 Å². The summed E-state index contributed by atoms with van der Waals surface area (Å²) in [7, 11) is 0. The molecule has 1 amide bonds. The minimum absolute atomic E-state index is 0.0295. The normalized spacial score (nSPS) is 21.1. The van der Waals surface area contributed by atoms with Gasteiger partial charge in [0.25, 0.3) is 5.91 Å². The van der Waals surface area contributed by atoms with Gasteiger partial charge >= 0.3 is 0 Å². The van der Waals surface area contributed by atoms with Crippen molar-refractivity contribution >= 4 is 5.91 Å². The molecule has 2 atom stereocenters. The fourth-order valence-corrected chi connectivity index (χ4v) is 2.80. The molecule has 0 aliphatic heterocycles. The van der Waals surface area contributed by atoms with E-state index in [1.165, 1.54) is 6.42 Å². The molecule has 1 aromatic rings. The van der Waals surface area contributed by atoms with E-state index in [4.69, 9.17) is 9.47 Å².